The SMILES string of the molecule is CO[C@@H]1C=C[C@@]23c4cc5c(cc4CO[C@]2(O)C[NH+](C)[C@@H]3C1)OCO5. The minimum absolute atomic E-state index is 0.0670. The van der Waals surface area contributed by atoms with E-state index >= 15 is 0 Å². The van der Waals surface area contributed by atoms with E-state index in [0.717, 1.165) is 29.0 Å². The molecule has 5 rings (SSSR count). The lowest BCUT2D eigenvalue weighted by molar-refractivity contribution is -0.899. The molecule has 0 saturated carbocycles. The van der Waals surface area contributed by atoms with Crippen LogP contribution in [0, 0.1) is 0 Å². The molecule has 1 aromatic carbocycles. The van der Waals surface area contributed by atoms with E-state index < -0.39 is 11.2 Å². The minimum atomic E-state index is -1.21. The molecule has 0 aromatic heterocycles. The maximum absolute atomic E-state index is 11.4. The van der Waals surface area contributed by atoms with Gasteiger partial charge in [0.2, 0.25) is 12.6 Å². The Bertz CT molecular complexity index is 734. The van der Waals surface area contributed by atoms with E-state index in [-0.39, 0.29) is 18.9 Å². The topological polar surface area (TPSA) is 61.6 Å². The Labute approximate surface area is 140 Å². The second kappa shape index (κ2) is 4.73. The van der Waals surface area contributed by atoms with E-state index in [9.17, 15) is 5.11 Å². The Balaban J connectivity index is 1.74. The van der Waals surface area contributed by atoms with Crippen molar-refractivity contribution in [2.24, 2.45) is 0 Å². The van der Waals surface area contributed by atoms with Crippen LogP contribution in [-0.4, -0.2) is 50.5 Å². The number of methoxy groups -OCH3 is 1. The second-order valence-electron chi connectivity index (χ2n) is 7.25. The number of nitrogens with one attached hydrogen (secondary N) is 1. The van der Waals surface area contributed by atoms with Crippen LogP contribution in [0.3, 0.4) is 0 Å². The summed E-state index contributed by atoms with van der Waals surface area (Å²) in [5, 5.41) is 11.4. The number of rotatable bonds is 1. The zero-order chi connectivity index (χ0) is 16.5. The molecule has 1 saturated heterocycles. The third-order valence-electron chi connectivity index (χ3n) is 6.16. The van der Waals surface area contributed by atoms with Crippen molar-refractivity contribution in [3.63, 3.8) is 0 Å². The molecule has 3 aliphatic heterocycles. The van der Waals surface area contributed by atoms with Crippen molar-refractivity contribution in [1.82, 2.24) is 0 Å². The first kappa shape index (κ1) is 14.7. The molecule has 3 heterocycles. The maximum Gasteiger partial charge on any atom is 0.236 e. The third kappa shape index (κ3) is 1.64. The van der Waals surface area contributed by atoms with Crippen molar-refractivity contribution in [3.05, 3.63) is 35.4 Å². The van der Waals surface area contributed by atoms with Crippen LogP contribution in [0.4, 0.5) is 0 Å². The van der Waals surface area contributed by atoms with Gasteiger partial charge in [-0.2, -0.15) is 0 Å². The first-order valence-corrected chi connectivity index (χ1v) is 8.41. The first-order chi connectivity index (χ1) is 11.6. The molecular formula is C18H22NO5+. The Hall–Kier alpha value is -1.60. The highest BCUT2D eigenvalue weighted by atomic mass is 16.7. The van der Waals surface area contributed by atoms with Crippen LogP contribution < -0.4 is 14.4 Å². The smallest absolute Gasteiger partial charge is 0.236 e. The number of benzene rings is 1. The van der Waals surface area contributed by atoms with Gasteiger partial charge in [0.15, 0.2) is 11.5 Å². The molecule has 1 aromatic rings. The van der Waals surface area contributed by atoms with Crippen molar-refractivity contribution in [2.75, 3.05) is 27.5 Å². The highest BCUT2D eigenvalue weighted by molar-refractivity contribution is 5.55. The van der Waals surface area contributed by atoms with Crippen LogP contribution in [0.2, 0.25) is 0 Å². The van der Waals surface area contributed by atoms with Gasteiger partial charge in [0, 0.05) is 13.5 Å². The van der Waals surface area contributed by atoms with E-state index in [4.69, 9.17) is 18.9 Å². The molecule has 1 unspecified atom stereocenters. The molecular weight excluding hydrogens is 310 g/mol. The molecule has 1 aliphatic carbocycles. The summed E-state index contributed by atoms with van der Waals surface area (Å²) in [5.41, 5.74) is 1.57. The predicted molar refractivity (Wildman–Crippen MR) is 84.1 cm³/mol. The fraction of sp³-hybridized carbons (Fsp3) is 0.556. The van der Waals surface area contributed by atoms with E-state index in [2.05, 4.69) is 19.2 Å². The highest BCUT2D eigenvalue weighted by Gasteiger charge is 2.69. The minimum Gasteiger partial charge on any atom is -0.454 e. The molecule has 6 nitrogen and oxygen atoms in total. The molecule has 0 radical (unpaired) electrons. The van der Waals surface area contributed by atoms with Crippen LogP contribution in [0.15, 0.2) is 24.3 Å². The molecule has 24 heavy (non-hydrogen) atoms. The van der Waals surface area contributed by atoms with Gasteiger partial charge in [0.1, 0.15) is 18.0 Å². The molecule has 5 atom stereocenters. The Morgan fingerprint density at radius 3 is 2.88 bits per heavy atom. The van der Waals surface area contributed by atoms with Gasteiger partial charge in [0.05, 0.1) is 19.8 Å². The number of fused-ring (bicyclic) bond motifs is 2. The Kier molecular flexibility index (Phi) is 2.90. The van der Waals surface area contributed by atoms with Crippen molar-refractivity contribution in [1.29, 1.82) is 0 Å². The summed E-state index contributed by atoms with van der Waals surface area (Å²) < 4.78 is 22.7. The molecule has 2 N–H and O–H groups in total. The average molecular weight is 332 g/mol. The monoisotopic (exact) mass is 332 g/mol. The van der Waals surface area contributed by atoms with Gasteiger partial charge in [-0.05, 0) is 23.3 Å². The van der Waals surface area contributed by atoms with Gasteiger partial charge in [-0.15, -0.1) is 0 Å². The zero-order valence-corrected chi connectivity index (χ0v) is 13.9. The van der Waals surface area contributed by atoms with E-state index in [1.165, 1.54) is 4.90 Å². The standard InChI is InChI=1S/C18H21NO5/c1-19-9-18(20)17(4-3-12(21-2)6-16(17)19)13-7-15-14(22-10-23-15)5-11(13)8-24-18/h3-5,7,12,16,20H,6,8-10H2,1-2H3/p+1/t12-,16-,17+,18-/m1/s1. The first-order valence-electron chi connectivity index (χ1n) is 8.41. The average Bonchev–Trinajstić information content (AvgIpc) is 3.13. The number of likely N-dealkylation sites (tertiary alicyclic amines) is 1. The summed E-state index contributed by atoms with van der Waals surface area (Å²) in [6.07, 6.45) is 5.07. The van der Waals surface area contributed by atoms with Gasteiger partial charge in [-0.1, -0.05) is 12.2 Å². The van der Waals surface area contributed by atoms with Crippen molar-refractivity contribution in [2.45, 2.75) is 36.4 Å². The lowest BCUT2D eigenvalue weighted by Crippen LogP contribution is -3.12. The normalized spacial score (nSPS) is 41.7. The predicted octanol–water partition coefficient (Wildman–Crippen LogP) is -0.256. The van der Waals surface area contributed by atoms with Crippen molar-refractivity contribution in [3.8, 4) is 11.5 Å². The quantitative estimate of drug-likeness (QED) is 0.694. The van der Waals surface area contributed by atoms with E-state index in [1.807, 2.05) is 12.1 Å². The summed E-state index contributed by atoms with van der Waals surface area (Å²) in [4.78, 5) is 1.26. The van der Waals surface area contributed by atoms with Crippen LogP contribution in [0.5, 0.6) is 11.5 Å². The van der Waals surface area contributed by atoms with Gasteiger partial charge in [-0.3, -0.25) is 0 Å². The summed E-state index contributed by atoms with van der Waals surface area (Å²) >= 11 is 0. The molecule has 4 aliphatic rings. The zero-order valence-electron chi connectivity index (χ0n) is 13.9. The van der Waals surface area contributed by atoms with E-state index in [0.29, 0.717) is 13.2 Å². The fourth-order valence-corrected chi connectivity index (χ4v) is 5.03. The summed E-state index contributed by atoms with van der Waals surface area (Å²) in [5.74, 6) is 0.291. The fourth-order valence-electron chi connectivity index (χ4n) is 5.03. The van der Waals surface area contributed by atoms with Crippen LogP contribution >= 0.6 is 0 Å². The van der Waals surface area contributed by atoms with E-state index in [1.54, 1.807) is 7.11 Å². The molecule has 128 valence electrons. The number of quaternary nitrogens is 1. The van der Waals surface area contributed by atoms with Gasteiger partial charge in [-0.25, -0.2) is 0 Å². The largest absolute Gasteiger partial charge is 0.454 e. The summed E-state index contributed by atoms with van der Waals surface area (Å²) in [6.45, 7) is 1.17. The third-order valence-corrected chi connectivity index (χ3v) is 6.16. The molecule has 0 bridgehead atoms. The number of hydrogen-bond donors (Lipinski definition) is 2. The lowest BCUT2D eigenvalue weighted by Gasteiger charge is -2.46. The number of ether oxygens (including phenoxy) is 4. The van der Waals surface area contributed by atoms with Gasteiger partial charge < -0.3 is 29.0 Å². The van der Waals surface area contributed by atoms with Crippen LogP contribution in [-0.2, 0) is 21.5 Å². The van der Waals surface area contributed by atoms with Crippen LogP contribution in [0.25, 0.3) is 0 Å². The van der Waals surface area contributed by atoms with Crippen LogP contribution in [0.1, 0.15) is 17.5 Å². The molecule has 0 amide bonds. The number of aliphatic hydroxyl groups is 1. The van der Waals surface area contributed by atoms with Crippen molar-refractivity contribution < 1.29 is 29.0 Å². The summed E-state index contributed by atoms with van der Waals surface area (Å²) in [7, 11) is 3.84. The number of hydrogen-bond acceptors (Lipinski definition) is 5. The van der Waals surface area contributed by atoms with Gasteiger partial charge >= 0.3 is 0 Å². The molecule has 6 heteroatoms. The Morgan fingerprint density at radius 1 is 1.29 bits per heavy atom. The molecule has 1 spiro atoms. The Morgan fingerprint density at radius 2 is 2.08 bits per heavy atom. The van der Waals surface area contributed by atoms with Crippen molar-refractivity contribution >= 4 is 0 Å². The summed E-state index contributed by atoms with van der Waals surface area (Å²) in [6, 6.07) is 4.21. The highest BCUT2D eigenvalue weighted by Crippen LogP contribution is 2.53. The maximum atomic E-state index is 11.4. The molecule has 1 fully saturated rings. The lowest BCUT2D eigenvalue weighted by atomic mass is 9.64. The number of likely N-dealkylation sites (N-methyl/N-ethyl adjacent to an activating group) is 1. The second-order valence-corrected chi connectivity index (χ2v) is 7.25. The van der Waals surface area contributed by atoms with Gasteiger partial charge in [0.25, 0.3) is 0 Å².